The quantitative estimate of drug-likeness (QED) is 0.581. The van der Waals surface area contributed by atoms with E-state index in [1.165, 1.54) is 0 Å². The van der Waals surface area contributed by atoms with Gasteiger partial charge in [-0.05, 0) is 42.4 Å². The summed E-state index contributed by atoms with van der Waals surface area (Å²) in [5, 5.41) is 11.6. The predicted octanol–water partition coefficient (Wildman–Crippen LogP) is 3.86. The summed E-state index contributed by atoms with van der Waals surface area (Å²) in [5.74, 6) is 0.708. The van der Waals surface area contributed by atoms with Crippen LogP contribution in [0.25, 0.3) is 11.4 Å². The van der Waals surface area contributed by atoms with E-state index in [1.807, 2.05) is 57.4 Å². The van der Waals surface area contributed by atoms with Crippen LogP contribution in [0.1, 0.15) is 11.1 Å². The van der Waals surface area contributed by atoms with Crippen molar-refractivity contribution >= 4 is 24.1 Å². The minimum absolute atomic E-state index is 0.467. The molecule has 0 unspecified atom stereocenters. The van der Waals surface area contributed by atoms with Crippen molar-refractivity contribution in [2.45, 2.75) is 6.92 Å². The average molecular weight is 337 g/mol. The van der Waals surface area contributed by atoms with Crippen LogP contribution in [0.2, 0.25) is 0 Å². The first kappa shape index (κ1) is 16.1. The molecule has 0 saturated heterocycles. The van der Waals surface area contributed by atoms with Crippen molar-refractivity contribution in [1.82, 2.24) is 14.9 Å². The molecule has 0 saturated carbocycles. The predicted molar refractivity (Wildman–Crippen MR) is 101 cm³/mol. The Morgan fingerprint density at radius 1 is 1.12 bits per heavy atom. The van der Waals surface area contributed by atoms with Crippen molar-refractivity contribution in [3.8, 4) is 11.4 Å². The summed E-state index contributed by atoms with van der Waals surface area (Å²) in [4.78, 5) is 2.06. The lowest BCUT2D eigenvalue weighted by Gasteiger charge is -2.11. The Labute approximate surface area is 146 Å². The van der Waals surface area contributed by atoms with E-state index >= 15 is 0 Å². The minimum atomic E-state index is 0.467. The molecule has 6 heteroatoms. The monoisotopic (exact) mass is 337 g/mol. The van der Waals surface area contributed by atoms with Crippen LogP contribution in [-0.4, -0.2) is 35.2 Å². The molecule has 0 spiro atoms. The SMILES string of the molecule is Cc1ccccc1-c1n[nH]c(=S)n1N=Cc1ccc(N(C)C)cc1. The second-order valence-corrected chi connectivity index (χ2v) is 6.10. The number of nitrogens with one attached hydrogen (secondary N) is 1. The Morgan fingerprint density at radius 2 is 1.83 bits per heavy atom. The van der Waals surface area contributed by atoms with Gasteiger partial charge in [-0.1, -0.05) is 36.4 Å². The van der Waals surface area contributed by atoms with Crippen molar-refractivity contribution in [1.29, 1.82) is 0 Å². The van der Waals surface area contributed by atoms with Crippen LogP contribution in [0.15, 0.2) is 53.6 Å². The number of H-pyrrole nitrogens is 1. The van der Waals surface area contributed by atoms with E-state index in [1.54, 1.807) is 10.9 Å². The minimum Gasteiger partial charge on any atom is -0.378 e. The Bertz CT molecular complexity index is 919. The standard InChI is InChI=1S/C18H19N5S/c1-13-6-4-5-7-16(13)17-20-21-18(24)23(17)19-12-14-8-10-15(11-9-14)22(2)3/h4-12H,1-3H3,(H,21,24). The van der Waals surface area contributed by atoms with Crippen molar-refractivity contribution in [2.24, 2.45) is 5.10 Å². The number of aromatic nitrogens is 3. The highest BCUT2D eigenvalue weighted by Gasteiger charge is 2.09. The van der Waals surface area contributed by atoms with E-state index in [0.29, 0.717) is 10.6 Å². The van der Waals surface area contributed by atoms with Crippen molar-refractivity contribution in [3.05, 3.63) is 64.4 Å². The van der Waals surface area contributed by atoms with E-state index in [-0.39, 0.29) is 0 Å². The van der Waals surface area contributed by atoms with Gasteiger partial charge >= 0.3 is 0 Å². The average Bonchev–Trinajstić information content (AvgIpc) is 2.94. The normalized spacial score (nSPS) is 11.1. The molecule has 1 aromatic heterocycles. The molecule has 0 aliphatic heterocycles. The van der Waals surface area contributed by atoms with Crippen molar-refractivity contribution in [2.75, 3.05) is 19.0 Å². The zero-order chi connectivity index (χ0) is 17.1. The molecule has 1 N–H and O–H groups in total. The van der Waals surface area contributed by atoms with Gasteiger partial charge in [-0.2, -0.15) is 14.9 Å². The van der Waals surface area contributed by atoms with Gasteiger partial charge in [0.05, 0.1) is 6.21 Å². The van der Waals surface area contributed by atoms with E-state index in [4.69, 9.17) is 12.2 Å². The van der Waals surface area contributed by atoms with Crippen LogP contribution in [0.5, 0.6) is 0 Å². The van der Waals surface area contributed by atoms with Gasteiger partial charge in [0, 0.05) is 25.3 Å². The molecule has 1 heterocycles. The molecule has 0 amide bonds. The van der Waals surface area contributed by atoms with Crippen LogP contribution in [0, 0.1) is 11.7 Å². The molecule has 0 aliphatic rings. The first-order valence-electron chi connectivity index (χ1n) is 7.61. The zero-order valence-electron chi connectivity index (χ0n) is 13.9. The molecule has 0 bridgehead atoms. The molecule has 3 rings (SSSR count). The first-order valence-corrected chi connectivity index (χ1v) is 8.02. The smallest absolute Gasteiger partial charge is 0.216 e. The number of aryl methyl sites for hydroxylation is 1. The molecule has 0 atom stereocenters. The van der Waals surface area contributed by atoms with Gasteiger partial charge in [-0.3, -0.25) is 0 Å². The largest absolute Gasteiger partial charge is 0.378 e. The van der Waals surface area contributed by atoms with Gasteiger partial charge in [0.15, 0.2) is 5.82 Å². The van der Waals surface area contributed by atoms with Gasteiger partial charge in [0.25, 0.3) is 0 Å². The van der Waals surface area contributed by atoms with E-state index in [0.717, 1.165) is 22.4 Å². The maximum atomic E-state index is 5.31. The molecule has 2 aromatic carbocycles. The zero-order valence-corrected chi connectivity index (χ0v) is 14.7. The number of nitrogens with zero attached hydrogens (tertiary/aromatic N) is 4. The summed E-state index contributed by atoms with van der Waals surface area (Å²) >= 11 is 5.31. The molecular weight excluding hydrogens is 318 g/mol. The summed E-state index contributed by atoms with van der Waals surface area (Å²) in [6.45, 7) is 2.04. The first-order chi connectivity index (χ1) is 11.6. The summed E-state index contributed by atoms with van der Waals surface area (Å²) in [5.41, 5.74) is 4.27. The third-order valence-corrected chi connectivity index (χ3v) is 4.03. The van der Waals surface area contributed by atoms with Crippen LogP contribution in [-0.2, 0) is 0 Å². The molecule has 122 valence electrons. The van der Waals surface area contributed by atoms with Crippen LogP contribution >= 0.6 is 12.2 Å². The summed E-state index contributed by atoms with van der Waals surface area (Å²) in [6.07, 6.45) is 1.78. The maximum absolute atomic E-state index is 5.31. The highest BCUT2D eigenvalue weighted by Crippen LogP contribution is 2.21. The molecule has 24 heavy (non-hydrogen) atoms. The second-order valence-electron chi connectivity index (χ2n) is 5.71. The number of anilines is 1. The molecule has 5 nitrogen and oxygen atoms in total. The topological polar surface area (TPSA) is 49.2 Å². The van der Waals surface area contributed by atoms with Gasteiger partial charge in [-0.25, -0.2) is 5.10 Å². The molecular formula is C18H19N5S. The molecule has 0 aliphatic carbocycles. The van der Waals surface area contributed by atoms with Crippen LogP contribution in [0.4, 0.5) is 5.69 Å². The van der Waals surface area contributed by atoms with Crippen molar-refractivity contribution in [3.63, 3.8) is 0 Å². The lowest BCUT2D eigenvalue weighted by Crippen LogP contribution is -2.08. The summed E-state index contributed by atoms with van der Waals surface area (Å²) in [6, 6.07) is 16.2. The molecule has 0 radical (unpaired) electrons. The number of hydrogen-bond acceptors (Lipinski definition) is 4. The van der Waals surface area contributed by atoms with Gasteiger partial charge in [-0.15, -0.1) is 0 Å². The van der Waals surface area contributed by atoms with Gasteiger partial charge in [0.2, 0.25) is 4.77 Å². The Hall–Kier alpha value is -2.73. The van der Waals surface area contributed by atoms with E-state index in [9.17, 15) is 0 Å². The summed E-state index contributed by atoms with van der Waals surface area (Å²) in [7, 11) is 4.03. The maximum Gasteiger partial charge on any atom is 0.216 e. The van der Waals surface area contributed by atoms with Crippen LogP contribution in [0.3, 0.4) is 0 Å². The van der Waals surface area contributed by atoms with E-state index < -0.39 is 0 Å². The van der Waals surface area contributed by atoms with E-state index in [2.05, 4.69) is 32.3 Å². The van der Waals surface area contributed by atoms with Crippen molar-refractivity contribution < 1.29 is 0 Å². The number of aromatic amines is 1. The lowest BCUT2D eigenvalue weighted by atomic mass is 10.1. The molecule has 3 aromatic rings. The fourth-order valence-corrected chi connectivity index (χ4v) is 2.56. The summed E-state index contributed by atoms with van der Waals surface area (Å²) < 4.78 is 2.12. The fourth-order valence-electron chi connectivity index (χ4n) is 2.38. The third kappa shape index (κ3) is 3.28. The second kappa shape index (κ2) is 6.80. The number of benzene rings is 2. The number of rotatable bonds is 4. The van der Waals surface area contributed by atoms with Gasteiger partial charge < -0.3 is 4.90 Å². The fraction of sp³-hybridized carbons (Fsp3) is 0.167. The van der Waals surface area contributed by atoms with Gasteiger partial charge in [0.1, 0.15) is 0 Å². The highest BCUT2D eigenvalue weighted by atomic mass is 32.1. The Kier molecular flexibility index (Phi) is 4.57. The Balaban J connectivity index is 1.95. The Morgan fingerprint density at radius 3 is 2.50 bits per heavy atom. The lowest BCUT2D eigenvalue weighted by molar-refractivity contribution is 0.871. The third-order valence-electron chi connectivity index (χ3n) is 3.77. The number of hydrogen-bond donors (Lipinski definition) is 1. The highest BCUT2D eigenvalue weighted by molar-refractivity contribution is 7.71. The molecule has 0 fully saturated rings. The van der Waals surface area contributed by atoms with Crippen LogP contribution < -0.4 is 4.90 Å².